The van der Waals surface area contributed by atoms with Crippen molar-refractivity contribution in [1.29, 1.82) is 0 Å². The first kappa shape index (κ1) is 23.5. The third-order valence-corrected chi connectivity index (χ3v) is 4.73. The molecule has 0 saturated carbocycles. The Labute approximate surface area is 185 Å². The zero-order valence-electron chi connectivity index (χ0n) is 17.9. The van der Waals surface area contributed by atoms with Gasteiger partial charge in [-0.2, -0.15) is 8.42 Å². The predicted octanol–water partition coefficient (Wildman–Crippen LogP) is 0.727. The van der Waals surface area contributed by atoms with Crippen LogP contribution in [0.25, 0.3) is 0 Å². The Balaban J connectivity index is 0.000000523. The summed E-state index contributed by atoms with van der Waals surface area (Å²) in [4.78, 5) is 43.3. The number of likely N-dealkylation sites (N-methyl/N-ethyl adjacent to an activating group) is 1. The quantitative estimate of drug-likeness (QED) is 0.631. The number of ether oxygens (including phenoxy) is 1. The van der Waals surface area contributed by atoms with Gasteiger partial charge in [0, 0.05) is 44.8 Å². The van der Waals surface area contributed by atoms with Crippen LogP contribution in [0.15, 0.2) is 30.7 Å². The second-order valence-corrected chi connectivity index (χ2v) is 8.88. The largest absolute Gasteiger partial charge is 0.419 e. The number of hydrogen-bond donors (Lipinski definition) is 1. The molecule has 1 fully saturated rings. The highest BCUT2D eigenvalue weighted by Gasteiger charge is 2.44. The number of hydrogen-bond acceptors (Lipinski definition) is 9. The second-order valence-electron chi connectivity index (χ2n) is 7.42. The maximum absolute atomic E-state index is 12.9. The fourth-order valence-electron chi connectivity index (χ4n) is 3.13. The van der Waals surface area contributed by atoms with Gasteiger partial charge in [-0.1, -0.05) is 6.07 Å². The van der Waals surface area contributed by atoms with Gasteiger partial charge in [-0.05, 0) is 25.6 Å². The van der Waals surface area contributed by atoms with Gasteiger partial charge in [-0.15, -0.1) is 0 Å². The van der Waals surface area contributed by atoms with Crippen molar-refractivity contribution in [2.24, 2.45) is 0 Å². The molecular weight excluding hydrogens is 440 g/mol. The van der Waals surface area contributed by atoms with Crippen molar-refractivity contribution in [3.63, 3.8) is 0 Å². The number of pyridine rings is 1. The second kappa shape index (κ2) is 9.54. The lowest BCUT2D eigenvalue weighted by Gasteiger charge is -2.33. The third kappa shape index (κ3) is 5.75. The molecule has 0 aliphatic carbocycles. The zero-order chi connectivity index (χ0) is 23.5. The first-order valence-electron chi connectivity index (χ1n) is 9.68. The van der Waals surface area contributed by atoms with Crippen LogP contribution >= 0.6 is 0 Å². The summed E-state index contributed by atoms with van der Waals surface area (Å²) < 4.78 is 31.6. The minimum absolute atomic E-state index is 0.177. The van der Waals surface area contributed by atoms with E-state index in [9.17, 15) is 18.0 Å². The molecule has 4 heterocycles. The fraction of sp³-hybridized carbons (Fsp3) is 0.421. The summed E-state index contributed by atoms with van der Waals surface area (Å²) in [7, 11) is -1.66. The van der Waals surface area contributed by atoms with E-state index >= 15 is 0 Å². The number of aromatic nitrogens is 3. The first-order valence-corrected chi connectivity index (χ1v) is 11.5. The van der Waals surface area contributed by atoms with Crippen molar-refractivity contribution in [2.45, 2.75) is 13.2 Å². The van der Waals surface area contributed by atoms with Gasteiger partial charge in [0.25, 0.3) is 16.0 Å². The number of nitrogens with zero attached hydrogens (tertiary/aromatic N) is 6. The molecule has 0 bridgehead atoms. The van der Waals surface area contributed by atoms with Crippen LogP contribution in [0, 0.1) is 6.92 Å². The van der Waals surface area contributed by atoms with Crippen LogP contribution in [0.1, 0.15) is 28.0 Å². The monoisotopic (exact) mass is 464 g/mol. The van der Waals surface area contributed by atoms with Crippen molar-refractivity contribution in [3.05, 3.63) is 47.7 Å². The van der Waals surface area contributed by atoms with E-state index in [4.69, 9.17) is 9.29 Å². The molecular formula is C19H24N6O6S. The number of carbonyl (C=O) groups excluding carboxylic acids is 2. The number of fused-ring (bicyclic) bond motifs is 1. The molecule has 0 aromatic carbocycles. The van der Waals surface area contributed by atoms with E-state index in [1.807, 2.05) is 20.0 Å². The lowest BCUT2D eigenvalue weighted by atomic mass is 10.3. The molecule has 1 N–H and O–H groups in total. The Morgan fingerprint density at radius 2 is 1.75 bits per heavy atom. The van der Waals surface area contributed by atoms with Crippen molar-refractivity contribution in [1.82, 2.24) is 24.8 Å². The molecule has 2 amide bonds. The van der Waals surface area contributed by atoms with Gasteiger partial charge >= 0.3 is 6.09 Å². The van der Waals surface area contributed by atoms with Crippen molar-refractivity contribution >= 4 is 27.9 Å². The number of aryl methyl sites for hydroxylation is 1. The summed E-state index contributed by atoms with van der Waals surface area (Å²) in [6.07, 6.45) is 3.84. The van der Waals surface area contributed by atoms with Crippen LogP contribution in [-0.2, 0) is 14.9 Å². The lowest BCUT2D eigenvalue weighted by molar-refractivity contribution is 0.0476. The van der Waals surface area contributed by atoms with Gasteiger partial charge in [0.1, 0.15) is 11.5 Å². The Kier molecular flexibility index (Phi) is 7.01. The fourth-order valence-corrected chi connectivity index (χ4v) is 3.13. The molecule has 2 aliphatic heterocycles. The lowest BCUT2D eigenvalue weighted by Crippen LogP contribution is -2.48. The standard InChI is InChI=1S/C18H20N6O3.CH4O3S/c1-12-3-4-13(21-11-12)24-16(25)14-15(20-6-5-19-14)17(24)27-18(26)23-9-7-22(2)8-10-23;1-5(2,3)4/h3-6,11,17H,7-10H2,1-2H3;1H3,(H,2,3,4)/t17-;/m0./s1. The Bertz CT molecular complexity index is 1080. The molecule has 12 nitrogen and oxygen atoms in total. The van der Waals surface area contributed by atoms with Crippen LogP contribution in [0.4, 0.5) is 10.6 Å². The number of carbonyl (C=O) groups is 2. The van der Waals surface area contributed by atoms with E-state index in [1.54, 1.807) is 17.2 Å². The van der Waals surface area contributed by atoms with E-state index in [0.717, 1.165) is 18.7 Å². The highest BCUT2D eigenvalue weighted by atomic mass is 32.2. The van der Waals surface area contributed by atoms with Crippen LogP contribution in [0.5, 0.6) is 0 Å². The molecule has 32 heavy (non-hydrogen) atoms. The van der Waals surface area contributed by atoms with Crippen molar-refractivity contribution < 1.29 is 27.3 Å². The van der Waals surface area contributed by atoms with Gasteiger partial charge in [0.2, 0.25) is 6.23 Å². The smallest absolute Gasteiger partial charge is 0.412 e. The van der Waals surface area contributed by atoms with E-state index in [1.165, 1.54) is 17.3 Å². The molecule has 172 valence electrons. The molecule has 2 aliphatic rings. The minimum atomic E-state index is -3.67. The SMILES string of the molecule is CS(=O)(=O)O.Cc1ccc(N2C(=O)c3nccnc3[C@@H]2OC(=O)N2CCN(C)CC2)nc1. The minimum Gasteiger partial charge on any atom is -0.419 e. The number of piperazine rings is 1. The summed E-state index contributed by atoms with van der Waals surface area (Å²) in [5.41, 5.74) is 1.47. The summed E-state index contributed by atoms with van der Waals surface area (Å²) in [5.74, 6) is 0.00667. The van der Waals surface area contributed by atoms with Gasteiger partial charge in [0.05, 0.1) is 6.26 Å². The molecule has 2 aromatic heterocycles. The first-order chi connectivity index (χ1) is 15.0. The van der Waals surface area contributed by atoms with Crippen LogP contribution in [0.3, 0.4) is 0 Å². The van der Waals surface area contributed by atoms with Gasteiger partial charge in [-0.25, -0.2) is 19.7 Å². The van der Waals surface area contributed by atoms with E-state index in [-0.39, 0.29) is 11.6 Å². The molecule has 0 unspecified atom stereocenters. The molecule has 4 rings (SSSR count). The normalized spacial score (nSPS) is 18.6. The van der Waals surface area contributed by atoms with Crippen LogP contribution in [0.2, 0.25) is 0 Å². The Hall–Kier alpha value is -3.16. The highest BCUT2D eigenvalue weighted by molar-refractivity contribution is 7.85. The molecule has 2 aromatic rings. The maximum Gasteiger partial charge on any atom is 0.412 e. The average molecular weight is 465 g/mol. The summed E-state index contributed by atoms with van der Waals surface area (Å²) in [6, 6.07) is 3.56. The molecule has 13 heteroatoms. The molecule has 0 spiro atoms. The molecule has 0 radical (unpaired) electrons. The van der Waals surface area contributed by atoms with E-state index in [0.29, 0.717) is 30.9 Å². The Morgan fingerprint density at radius 3 is 2.34 bits per heavy atom. The molecule has 1 saturated heterocycles. The van der Waals surface area contributed by atoms with Crippen molar-refractivity contribution in [2.75, 3.05) is 44.4 Å². The predicted molar refractivity (Wildman–Crippen MR) is 114 cm³/mol. The topological polar surface area (TPSA) is 146 Å². The number of rotatable bonds is 2. The Morgan fingerprint density at radius 1 is 1.12 bits per heavy atom. The highest BCUT2D eigenvalue weighted by Crippen LogP contribution is 2.35. The third-order valence-electron chi connectivity index (χ3n) is 4.73. The maximum atomic E-state index is 12.9. The van der Waals surface area contributed by atoms with Gasteiger partial charge in [0.15, 0.2) is 5.69 Å². The van der Waals surface area contributed by atoms with E-state index in [2.05, 4.69) is 19.9 Å². The zero-order valence-corrected chi connectivity index (χ0v) is 18.7. The van der Waals surface area contributed by atoms with Gasteiger partial charge in [-0.3, -0.25) is 14.3 Å². The van der Waals surface area contributed by atoms with E-state index < -0.39 is 22.4 Å². The number of amides is 2. The van der Waals surface area contributed by atoms with Crippen molar-refractivity contribution in [3.8, 4) is 0 Å². The van der Waals surface area contributed by atoms with Gasteiger partial charge < -0.3 is 14.5 Å². The average Bonchev–Trinajstić information content (AvgIpc) is 3.00. The summed E-state index contributed by atoms with van der Waals surface area (Å²) in [6.45, 7) is 4.61. The van der Waals surface area contributed by atoms with Crippen LogP contribution in [-0.4, -0.2) is 89.2 Å². The number of anilines is 1. The van der Waals surface area contributed by atoms with Crippen LogP contribution < -0.4 is 4.90 Å². The summed E-state index contributed by atoms with van der Waals surface area (Å²) >= 11 is 0. The summed E-state index contributed by atoms with van der Waals surface area (Å²) in [5, 5.41) is 0. The molecule has 1 atom stereocenters.